The van der Waals surface area contributed by atoms with Gasteiger partial charge in [-0.25, -0.2) is 4.98 Å². The van der Waals surface area contributed by atoms with Gasteiger partial charge in [-0.1, -0.05) is 0 Å². The van der Waals surface area contributed by atoms with Crippen molar-refractivity contribution in [3.05, 3.63) is 12.4 Å². The lowest BCUT2D eigenvalue weighted by Crippen LogP contribution is -2.31. The second kappa shape index (κ2) is 8.93. The van der Waals surface area contributed by atoms with Crippen LogP contribution in [0.2, 0.25) is 0 Å². The van der Waals surface area contributed by atoms with Crippen molar-refractivity contribution in [1.29, 1.82) is 0 Å². The van der Waals surface area contributed by atoms with E-state index in [9.17, 15) is 0 Å². The summed E-state index contributed by atoms with van der Waals surface area (Å²) in [6.45, 7) is 10.9. The highest BCUT2D eigenvalue weighted by Gasteiger charge is 2.04. The zero-order chi connectivity index (χ0) is 14.1. The number of anilines is 1. The third-order valence-electron chi connectivity index (χ3n) is 3.24. The fraction of sp³-hybridized carbons (Fsp3) is 0.786. The third-order valence-corrected chi connectivity index (χ3v) is 3.24. The van der Waals surface area contributed by atoms with Crippen molar-refractivity contribution in [2.75, 3.05) is 38.7 Å². The molecule has 0 bridgehead atoms. The van der Waals surface area contributed by atoms with Crippen molar-refractivity contribution in [2.24, 2.45) is 0 Å². The number of nitrogens with zero attached hydrogens (tertiary/aromatic N) is 3. The van der Waals surface area contributed by atoms with Gasteiger partial charge < -0.3 is 19.5 Å². The lowest BCUT2D eigenvalue weighted by Gasteiger charge is -2.21. The van der Waals surface area contributed by atoms with E-state index in [1.165, 1.54) is 0 Å². The van der Waals surface area contributed by atoms with Gasteiger partial charge in [-0.05, 0) is 34.2 Å². The molecule has 0 atom stereocenters. The Morgan fingerprint density at radius 3 is 2.95 bits per heavy atom. The molecule has 1 aromatic heterocycles. The first-order valence-corrected chi connectivity index (χ1v) is 7.18. The Balaban J connectivity index is 2.28. The zero-order valence-electron chi connectivity index (χ0n) is 12.7. The number of nitrogens with one attached hydrogen (secondary N) is 1. The molecular formula is C14H28N4O. The minimum atomic E-state index is 0.577. The summed E-state index contributed by atoms with van der Waals surface area (Å²) in [5, 5.41) is 3.39. The monoisotopic (exact) mass is 268 g/mol. The Kier molecular flexibility index (Phi) is 7.52. The Morgan fingerprint density at radius 1 is 1.47 bits per heavy atom. The van der Waals surface area contributed by atoms with Crippen molar-refractivity contribution < 1.29 is 4.74 Å². The molecule has 0 amide bonds. The van der Waals surface area contributed by atoms with Crippen LogP contribution in [0.1, 0.15) is 27.2 Å². The summed E-state index contributed by atoms with van der Waals surface area (Å²) in [5.74, 6) is 0.952. The largest absolute Gasteiger partial charge is 0.382 e. The number of ether oxygens (including phenoxy) is 1. The van der Waals surface area contributed by atoms with Crippen LogP contribution < -0.4 is 5.32 Å². The third kappa shape index (κ3) is 6.07. The van der Waals surface area contributed by atoms with Gasteiger partial charge >= 0.3 is 0 Å². The molecule has 1 aromatic rings. The molecule has 0 saturated carbocycles. The maximum Gasteiger partial charge on any atom is 0.202 e. The average molecular weight is 268 g/mol. The zero-order valence-corrected chi connectivity index (χ0v) is 12.7. The number of aromatic nitrogens is 2. The summed E-state index contributed by atoms with van der Waals surface area (Å²) in [4.78, 5) is 6.66. The van der Waals surface area contributed by atoms with E-state index in [4.69, 9.17) is 4.74 Å². The number of likely N-dealkylation sites (N-methyl/N-ethyl adjacent to an activating group) is 1. The Morgan fingerprint density at radius 2 is 2.26 bits per heavy atom. The minimum absolute atomic E-state index is 0.577. The van der Waals surface area contributed by atoms with E-state index in [2.05, 4.69) is 40.7 Å². The van der Waals surface area contributed by atoms with Crippen LogP contribution in [0.4, 0.5) is 5.95 Å². The Labute approximate surface area is 117 Å². The van der Waals surface area contributed by atoms with Gasteiger partial charge in [0.25, 0.3) is 0 Å². The quantitative estimate of drug-likeness (QED) is 0.660. The highest BCUT2D eigenvalue weighted by atomic mass is 16.5. The van der Waals surface area contributed by atoms with Crippen molar-refractivity contribution in [2.45, 2.75) is 39.8 Å². The molecule has 0 aromatic carbocycles. The highest BCUT2D eigenvalue weighted by Crippen LogP contribution is 2.05. The first-order valence-electron chi connectivity index (χ1n) is 7.18. The van der Waals surface area contributed by atoms with Crippen LogP contribution in [0.15, 0.2) is 12.4 Å². The average Bonchev–Trinajstić information content (AvgIpc) is 2.82. The molecular weight excluding hydrogens is 240 g/mol. The maximum absolute atomic E-state index is 5.35. The molecule has 0 aliphatic rings. The predicted octanol–water partition coefficient (Wildman–Crippen LogP) is 2.06. The summed E-state index contributed by atoms with van der Waals surface area (Å²) < 4.78 is 7.50. The number of aryl methyl sites for hydroxylation is 1. The molecule has 5 nitrogen and oxygen atoms in total. The van der Waals surface area contributed by atoms with Gasteiger partial charge in [0.15, 0.2) is 0 Å². The number of hydrogen-bond donors (Lipinski definition) is 1. The van der Waals surface area contributed by atoms with Crippen LogP contribution >= 0.6 is 0 Å². The lowest BCUT2D eigenvalue weighted by atomic mass is 10.3. The summed E-state index contributed by atoms with van der Waals surface area (Å²) in [6.07, 6.45) is 4.88. The van der Waals surface area contributed by atoms with Crippen LogP contribution in [0.3, 0.4) is 0 Å². The summed E-state index contributed by atoms with van der Waals surface area (Å²) >= 11 is 0. The molecule has 0 radical (unpaired) electrons. The van der Waals surface area contributed by atoms with Gasteiger partial charge in [0.1, 0.15) is 0 Å². The van der Waals surface area contributed by atoms with E-state index in [0.717, 1.165) is 45.2 Å². The van der Waals surface area contributed by atoms with Gasteiger partial charge in [-0.3, -0.25) is 0 Å². The SMILES string of the molecule is CCOCCCn1ccnc1NCCN(C)C(C)C. The molecule has 1 rings (SSSR count). The van der Waals surface area contributed by atoms with E-state index in [1.54, 1.807) is 0 Å². The predicted molar refractivity (Wildman–Crippen MR) is 79.6 cm³/mol. The molecule has 19 heavy (non-hydrogen) atoms. The van der Waals surface area contributed by atoms with Crippen molar-refractivity contribution in [1.82, 2.24) is 14.5 Å². The van der Waals surface area contributed by atoms with Crippen LogP contribution in [0.25, 0.3) is 0 Å². The fourth-order valence-corrected chi connectivity index (χ4v) is 1.74. The Bertz CT molecular complexity index is 338. The molecule has 1 heterocycles. The summed E-state index contributed by atoms with van der Waals surface area (Å²) in [6, 6.07) is 0.577. The van der Waals surface area contributed by atoms with E-state index < -0.39 is 0 Å². The van der Waals surface area contributed by atoms with Crippen molar-refractivity contribution >= 4 is 5.95 Å². The molecule has 0 unspecified atom stereocenters. The van der Waals surface area contributed by atoms with Gasteiger partial charge in [-0.2, -0.15) is 0 Å². The summed E-state index contributed by atoms with van der Waals surface area (Å²) in [7, 11) is 2.14. The van der Waals surface area contributed by atoms with Crippen molar-refractivity contribution in [3.63, 3.8) is 0 Å². The molecule has 0 saturated heterocycles. The van der Waals surface area contributed by atoms with Crippen molar-refractivity contribution in [3.8, 4) is 0 Å². The van der Waals surface area contributed by atoms with Gasteiger partial charge in [0.2, 0.25) is 5.95 Å². The van der Waals surface area contributed by atoms with E-state index >= 15 is 0 Å². The molecule has 0 fully saturated rings. The number of imidazole rings is 1. The summed E-state index contributed by atoms with van der Waals surface area (Å²) in [5.41, 5.74) is 0. The molecule has 1 N–H and O–H groups in total. The smallest absolute Gasteiger partial charge is 0.202 e. The van der Waals surface area contributed by atoms with Gasteiger partial charge in [0, 0.05) is 51.3 Å². The number of rotatable bonds is 10. The maximum atomic E-state index is 5.35. The molecule has 0 spiro atoms. The van der Waals surface area contributed by atoms with Crippen LogP contribution in [0, 0.1) is 0 Å². The van der Waals surface area contributed by atoms with Crippen LogP contribution in [-0.2, 0) is 11.3 Å². The second-order valence-corrected chi connectivity index (χ2v) is 5.00. The van der Waals surface area contributed by atoms with Crippen LogP contribution in [0.5, 0.6) is 0 Å². The topological polar surface area (TPSA) is 42.3 Å². The first kappa shape index (κ1) is 16.0. The standard InChI is InChI=1S/C14H28N4O/c1-5-19-12-6-9-18-11-8-16-14(18)15-7-10-17(4)13(2)3/h8,11,13H,5-7,9-10,12H2,1-4H3,(H,15,16). The van der Waals surface area contributed by atoms with Gasteiger partial charge in [-0.15, -0.1) is 0 Å². The minimum Gasteiger partial charge on any atom is -0.382 e. The lowest BCUT2D eigenvalue weighted by molar-refractivity contribution is 0.142. The second-order valence-electron chi connectivity index (χ2n) is 5.00. The molecule has 110 valence electrons. The molecule has 0 aliphatic heterocycles. The number of hydrogen-bond acceptors (Lipinski definition) is 4. The fourth-order valence-electron chi connectivity index (χ4n) is 1.74. The van der Waals surface area contributed by atoms with E-state index in [1.807, 2.05) is 19.3 Å². The highest BCUT2D eigenvalue weighted by molar-refractivity contribution is 5.25. The van der Waals surface area contributed by atoms with Gasteiger partial charge in [0.05, 0.1) is 0 Å². The Hall–Kier alpha value is -1.07. The molecule has 5 heteroatoms. The van der Waals surface area contributed by atoms with E-state index in [0.29, 0.717) is 6.04 Å². The molecule has 0 aliphatic carbocycles. The van der Waals surface area contributed by atoms with Crippen LogP contribution in [-0.4, -0.2) is 53.8 Å². The van der Waals surface area contributed by atoms with E-state index in [-0.39, 0.29) is 0 Å². The first-order chi connectivity index (χ1) is 9.15. The normalized spacial score (nSPS) is 11.5.